The standard InChI is InChI=1S/C24H24N2O3/c1-25(17-19-11-8-14-29-19)22(27)16-24(15-18-9-4-3-5-10-18)20-12-6-7-13-21(20)26(2)23(24)28/h3-14H,15-17H2,1-2H3/t24-/m0/s1. The van der Waals surface area contributed by atoms with Crippen molar-refractivity contribution < 1.29 is 14.0 Å². The Labute approximate surface area is 170 Å². The molecule has 148 valence electrons. The summed E-state index contributed by atoms with van der Waals surface area (Å²) >= 11 is 0. The predicted octanol–water partition coefficient (Wildman–Crippen LogP) is 3.79. The van der Waals surface area contributed by atoms with Gasteiger partial charge in [0, 0.05) is 26.2 Å². The highest BCUT2D eigenvalue weighted by Gasteiger charge is 2.51. The zero-order valence-electron chi connectivity index (χ0n) is 16.7. The van der Waals surface area contributed by atoms with E-state index in [0.29, 0.717) is 18.7 Å². The second-order valence-electron chi connectivity index (χ2n) is 7.63. The minimum atomic E-state index is -0.915. The lowest BCUT2D eigenvalue weighted by molar-refractivity contribution is -0.135. The second kappa shape index (κ2) is 7.59. The van der Waals surface area contributed by atoms with Crippen LogP contribution in [0.3, 0.4) is 0 Å². The molecule has 3 aromatic rings. The maximum atomic E-state index is 13.5. The minimum absolute atomic E-state index is 0.0395. The van der Waals surface area contributed by atoms with E-state index in [9.17, 15) is 9.59 Å². The van der Waals surface area contributed by atoms with Crippen LogP contribution in [0.1, 0.15) is 23.3 Å². The summed E-state index contributed by atoms with van der Waals surface area (Å²) in [6, 6.07) is 21.3. The monoisotopic (exact) mass is 388 g/mol. The van der Waals surface area contributed by atoms with Crippen LogP contribution < -0.4 is 4.90 Å². The summed E-state index contributed by atoms with van der Waals surface area (Å²) in [7, 11) is 3.53. The van der Waals surface area contributed by atoms with Gasteiger partial charge in [0.15, 0.2) is 0 Å². The van der Waals surface area contributed by atoms with Gasteiger partial charge in [-0.25, -0.2) is 0 Å². The zero-order valence-corrected chi connectivity index (χ0v) is 16.7. The summed E-state index contributed by atoms with van der Waals surface area (Å²) in [6.07, 6.45) is 2.18. The Kier molecular flexibility index (Phi) is 4.97. The molecule has 0 saturated heterocycles. The van der Waals surface area contributed by atoms with Gasteiger partial charge in [0.25, 0.3) is 0 Å². The van der Waals surface area contributed by atoms with Crippen LogP contribution in [-0.4, -0.2) is 30.8 Å². The van der Waals surface area contributed by atoms with Gasteiger partial charge in [-0.3, -0.25) is 9.59 Å². The highest BCUT2D eigenvalue weighted by Crippen LogP contribution is 2.45. The maximum Gasteiger partial charge on any atom is 0.238 e. The lowest BCUT2D eigenvalue weighted by Crippen LogP contribution is -2.44. The molecule has 1 aliphatic rings. The summed E-state index contributed by atoms with van der Waals surface area (Å²) in [5.41, 5.74) is 1.90. The normalized spacial score (nSPS) is 18.0. The molecule has 0 saturated carbocycles. The maximum absolute atomic E-state index is 13.5. The minimum Gasteiger partial charge on any atom is -0.467 e. The Hall–Kier alpha value is -3.34. The number of rotatable bonds is 6. The molecule has 0 bridgehead atoms. The van der Waals surface area contributed by atoms with Crippen molar-refractivity contribution in [3.05, 3.63) is 89.9 Å². The predicted molar refractivity (Wildman–Crippen MR) is 111 cm³/mol. The number of carbonyl (C=O) groups excluding carboxylic acids is 2. The molecule has 1 aliphatic heterocycles. The van der Waals surface area contributed by atoms with Crippen LogP contribution in [-0.2, 0) is 28.0 Å². The molecule has 0 fully saturated rings. The Morgan fingerprint density at radius 1 is 1.03 bits per heavy atom. The van der Waals surface area contributed by atoms with Gasteiger partial charge in [0.05, 0.1) is 18.2 Å². The summed E-state index contributed by atoms with van der Waals surface area (Å²) in [6.45, 7) is 0.374. The fourth-order valence-corrected chi connectivity index (χ4v) is 4.18. The molecule has 2 amide bonds. The Bertz CT molecular complexity index is 1010. The molecule has 1 atom stereocenters. The third kappa shape index (κ3) is 3.44. The number of carbonyl (C=O) groups is 2. The molecule has 0 aliphatic carbocycles. The van der Waals surface area contributed by atoms with E-state index in [2.05, 4.69) is 0 Å². The topological polar surface area (TPSA) is 53.8 Å². The summed E-state index contributed by atoms with van der Waals surface area (Å²) in [4.78, 5) is 30.0. The Morgan fingerprint density at radius 3 is 2.48 bits per heavy atom. The molecular formula is C24H24N2O3. The van der Waals surface area contributed by atoms with E-state index in [1.165, 1.54) is 0 Å². The number of likely N-dealkylation sites (N-methyl/N-ethyl adjacent to an activating group) is 1. The van der Waals surface area contributed by atoms with Crippen molar-refractivity contribution in [3.8, 4) is 0 Å². The number of amides is 2. The quantitative estimate of drug-likeness (QED) is 0.646. The Balaban J connectivity index is 1.70. The van der Waals surface area contributed by atoms with E-state index in [4.69, 9.17) is 4.42 Å². The van der Waals surface area contributed by atoms with E-state index in [-0.39, 0.29) is 18.2 Å². The lowest BCUT2D eigenvalue weighted by atomic mass is 9.73. The number of furan rings is 1. The highest BCUT2D eigenvalue weighted by molar-refractivity contribution is 6.09. The van der Waals surface area contributed by atoms with E-state index >= 15 is 0 Å². The van der Waals surface area contributed by atoms with Crippen molar-refractivity contribution in [2.24, 2.45) is 0 Å². The molecule has 0 unspecified atom stereocenters. The zero-order chi connectivity index (χ0) is 20.4. The van der Waals surface area contributed by atoms with Gasteiger partial charge < -0.3 is 14.2 Å². The third-order valence-corrected chi connectivity index (χ3v) is 5.70. The fraction of sp³-hybridized carbons (Fsp3) is 0.250. The number of benzene rings is 2. The fourth-order valence-electron chi connectivity index (χ4n) is 4.18. The van der Waals surface area contributed by atoms with E-state index in [0.717, 1.165) is 16.8 Å². The molecule has 29 heavy (non-hydrogen) atoms. The van der Waals surface area contributed by atoms with Crippen LogP contribution in [0.15, 0.2) is 77.4 Å². The van der Waals surface area contributed by atoms with Crippen LogP contribution >= 0.6 is 0 Å². The second-order valence-corrected chi connectivity index (χ2v) is 7.63. The number of hydrogen-bond donors (Lipinski definition) is 0. The van der Waals surface area contributed by atoms with Crippen molar-refractivity contribution in [1.82, 2.24) is 4.90 Å². The molecule has 0 spiro atoms. The van der Waals surface area contributed by atoms with Gasteiger partial charge in [0.1, 0.15) is 5.76 Å². The average molecular weight is 388 g/mol. The molecule has 2 aromatic carbocycles. The SMILES string of the molecule is CN(Cc1ccco1)C(=O)C[C@]1(Cc2ccccc2)C(=O)N(C)c2ccccc21. The van der Waals surface area contributed by atoms with Gasteiger partial charge in [-0.2, -0.15) is 0 Å². The highest BCUT2D eigenvalue weighted by atomic mass is 16.3. The van der Waals surface area contributed by atoms with Crippen molar-refractivity contribution in [2.75, 3.05) is 19.0 Å². The smallest absolute Gasteiger partial charge is 0.238 e. The van der Waals surface area contributed by atoms with Gasteiger partial charge in [-0.1, -0.05) is 48.5 Å². The van der Waals surface area contributed by atoms with E-state index in [1.54, 1.807) is 36.2 Å². The number of para-hydroxylation sites is 1. The first kappa shape index (κ1) is 19.0. The molecule has 5 nitrogen and oxygen atoms in total. The van der Waals surface area contributed by atoms with E-state index < -0.39 is 5.41 Å². The van der Waals surface area contributed by atoms with Crippen LogP contribution in [0, 0.1) is 0 Å². The van der Waals surface area contributed by atoms with Crippen molar-refractivity contribution in [3.63, 3.8) is 0 Å². The number of anilines is 1. The average Bonchev–Trinajstić information content (AvgIpc) is 3.31. The molecule has 4 rings (SSSR count). The molecule has 0 N–H and O–H groups in total. The number of hydrogen-bond acceptors (Lipinski definition) is 3. The summed E-state index contributed by atoms with van der Waals surface area (Å²) < 4.78 is 5.37. The largest absolute Gasteiger partial charge is 0.467 e. The molecule has 1 aromatic heterocycles. The molecule has 5 heteroatoms. The summed E-state index contributed by atoms with van der Waals surface area (Å²) in [5, 5.41) is 0. The summed E-state index contributed by atoms with van der Waals surface area (Å²) in [5.74, 6) is 0.589. The van der Waals surface area contributed by atoms with Gasteiger partial charge in [-0.05, 0) is 35.7 Å². The molecular weight excluding hydrogens is 364 g/mol. The van der Waals surface area contributed by atoms with Gasteiger partial charge in [0.2, 0.25) is 11.8 Å². The van der Waals surface area contributed by atoms with Crippen LogP contribution in [0.2, 0.25) is 0 Å². The first-order valence-corrected chi connectivity index (χ1v) is 9.69. The van der Waals surface area contributed by atoms with Crippen molar-refractivity contribution >= 4 is 17.5 Å². The van der Waals surface area contributed by atoms with Crippen LogP contribution in [0.4, 0.5) is 5.69 Å². The first-order chi connectivity index (χ1) is 14.0. The van der Waals surface area contributed by atoms with Crippen LogP contribution in [0.5, 0.6) is 0 Å². The molecule has 0 radical (unpaired) electrons. The third-order valence-electron chi connectivity index (χ3n) is 5.70. The van der Waals surface area contributed by atoms with Gasteiger partial charge in [-0.15, -0.1) is 0 Å². The number of nitrogens with zero attached hydrogens (tertiary/aromatic N) is 2. The van der Waals surface area contributed by atoms with Crippen molar-refractivity contribution in [2.45, 2.75) is 24.8 Å². The Morgan fingerprint density at radius 2 is 1.76 bits per heavy atom. The molecule has 2 heterocycles. The number of fused-ring (bicyclic) bond motifs is 1. The first-order valence-electron chi connectivity index (χ1n) is 9.69. The lowest BCUT2D eigenvalue weighted by Gasteiger charge is -2.30. The van der Waals surface area contributed by atoms with Gasteiger partial charge >= 0.3 is 0 Å². The van der Waals surface area contributed by atoms with Crippen LogP contribution in [0.25, 0.3) is 0 Å². The van der Waals surface area contributed by atoms with E-state index in [1.807, 2.05) is 60.7 Å². The van der Waals surface area contributed by atoms with Crippen molar-refractivity contribution in [1.29, 1.82) is 0 Å².